The van der Waals surface area contributed by atoms with Crippen molar-refractivity contribution in [3.05, 3.63) is 37.8 Å². The molecule has 2 aromatic rings. The summed E-state index contributed by atoms with van der Waals surface area (Å²) in [5, 5.41) is -0.960. The molecule has 1 aromatic heterocycles. The van der Waals surface area contributed by atoms with Gasteiger partial charge < -0.3 is 4.74 Å². The smallest absolute Gasteiger partial charge is 0.266 e. The van der Waals surface area contributed by atoms with Gasteiger partial charge in [-0.3, -0.25) is 9.36 Å². The molecule has 0 N–H and O–H groups in total. The second-order valence-corrected chi connectivity index (χ2v) is 13.1. The highest BCUT2D eigenvalue weighted by molar-refractivity contribution is 9.10. The van der Waals surface area contributed by atoms with E-state index in [0.29, 0.717) is 6.61 Å². The van der Waals surface area contributed by atoms with Crippen LogP contribution in [0, 0.1) is 11.6 Å². The monoisotopic (exact) mass is 424 g/mol. The Labute approximate surface area is 146 Å². The van der Waals surface area contributed by atoms with Gasteiger partial charge in [-0.15, -0.1) is 0 Å². The normalized spacial score (nSPS) is 12.1. The topological polar surface area (TPSA) is 44.1 Å². The number of halogens is 4. The molecule has 126 valence electrons. The van der Waals surface area contributed by atoms with Crippen LogP contribution in [0.15, 0.2) is 15.6 Å². The average Bonchev–Trinajstić information content (AvgIpc) is 2.47. The van der Waals surface area contributed by atoms with E-state index in [9.17, 15) is 13.6 Å². The number of nitrogens with zero attached hydrogens (tertiary/aromatic N) is 2. The number of ether oxygens (including phenoxy) is 1. The summed E-state index contributed by atoms with van der Waals surface area (Å²) in [6.45, 7) is 7.05. The molecule has 0 aliphatic rings. The molecule has 0 atom stereocenters. The number of hydrogen-bond donors (Lipinski definition) is 0. The number of hydrogen-bond acceptors (Lipinski definition) is 3. The highest BCUT2D eigenvalue weighted by Crippen LogP contribution is 2.33. The summed E-state index contributed by atoms with van der Waals surface area (Å²) in [6, 6.07) is 0.935. The maximum atomic E-state index is 14.2. The molecule has 0 saturated carbocycles. The molecule has 0 saturated heterocycles. The molecular weight excluding hydrogens is 410 g/mol. The Bertz CT molecular complexity index is 808. The standard InChI is InChI=1S/C14H16BrClF2N2O2Si/c1-23(2,3)5-4-22-7-20-6-19-13-8(14(20)21)11(17)10(16)9(15)12(13)18/h6H,4-5,7H2,1-3H3. The predicted molar refractivity (Wildman–Crippen MR) is 92.7 cm³/mol. The fraction of sp³-hybridized carbons (Fsp3) is 0.429. The summed E-state index contributed by atoms with van der Waals surface area (Å²) >= 11 is 8.55. The molecule has 0 amide bonds. The Hall–Kier alpha value is -0.833. The Kier molecular flexibility index (Phi) is 5.60. The fourth-order valence-electron chi connectivity index (χ4n) is 1.89. The minimum Gasteiger partial charge on any atom is -0.361 e. The molecule has 0 aliphatic carbocycles. The van der Waals surface area contributed by atoms with Gasteiger partial charge in [0.2, 0.25) is 0 Å². The Balaban J connectivity index is 2.34. The van der Waals surface area contributed by atoms with E-state index in [0.717, 1.165) is 16.9 Å². The minimum absolute atomic E-state index is 0.0685. The third kappa shape index (κ3) is 3.99. The molecule has 2 rings (SSSR count). The molecule has 0 fully saturated rings. The second kappa shape index (κ2) is 6.96. The zero-order valence-corrected chi connectivity index (χ0v) is 16.3. The van der Waals surface area contributed by atoms with Gasteiger partial charge in [-0.2, -0.15) is 0 Å². The van der Waals surface area contributed by atoms with Crippen LogP contribution in [-0.2, 0) is 11.5 Å². The molecule has 0 unspecified atom stereocenters. The molecular formula is C14H16BrClF2N2O2Si. The highest BCUT2D eigenvalue weighted by Gasteiger charge is 2.21. The first kappa shape index (κ1) is 18.5. The van der Waals surface area contributed by atoms with Crippen LogP contribution in [0.3, 0.4) is 0 Å². The number of rotatable bonds is 5. The van der Waals surface area contributed by atoms with Gasteiger partial charge in [0.15, 0.2) is 11.6 Å². The lowest BCUT2D eigenvalue weighted by atomic mass is 10.2. The van der Waals surface area contributed by atoms with E-state index in [1.165, 1.54) is 0 Å². The van der Waals surface area contributed by atoms with Crippen LogP contribution in [0.5, 0.6) is 0 Å². The summed E-state index contributed by atoms with van der Waals surface area (Å²) in [5.74, 6) is -1.86. The van der Waals surface area contributed by atoms with Crippen molar-refractivity contribution in [3.63, 3.8) is 0 Å². The Morgan fingerprint density at radius 3 is 2.61 bits per heavy atom. The van der Waals surface area contributed by atoms with Crippen molar-refractivity contribution >= 4 is 46.5 Å². The van der Waals surface area contributed by atoms with Crippen molar-refractivity contribution in [3.8, 4) is 0 Å². The zero-order valence-electron chi connectivity index (χ0n) is 12.9. The third-order valence-corrected chi connectivity index (χ3v) is 6.30. The first-order valence-corrected chi connectivity index (χ1v) is 11.8. The van der Waals surface area contributed by atoms with Crippen LogP contribution in [0.25, 0.3) is 10.9 Å². The summed E-state index contributed by atoms with van der Waals surface area (Å²) in [4.78, 5) is 16.1. The van der Waals surface area contributed by atoms with E-state index in [1.807, 2.05) is 0 Å². The van der Waals surface area contributed by atoms with Gasteiger partial charge in [0, 0.05) is 14.7 Å². The van der Waals surface area contributed by atoms with Crippen LogP contribution in [0.1, 0.15) is 0 Å². The van der Waals surface area contributed by atoms with Crippen LogP contribution in [0.2, 0.25) is 30.7 Å². The second-order valence-electron chi connectivity index (χ2n) is 6.35. The van der Waals surface area contributed by atoms with E-state index < -0.39 is 35.7 Å². The molecule has 0 aliphatic heterocycles. The molecule has 23 heavy (non-hydrogen) atoms. The quantitative estimate of drug-likeness (QED) is 0.309. The average molecular weight is 426 g/mol. The highest BCUT2D eigenvalue weighted by atomic mass is 79.9. The van der Waals surface area contributed by atoms with Gasteiger partial charge in [0.1, 0.15) is 24.0 Å². The van der Waals surface area contributed by atoms with Crippen molar-refractivity contribution in [2.45, 2.75) is 32.4 Å². The van der Waals surface area contributed by atoms with Gasteiger partial charge in [-0.25, -0.2) is 13.8 Å². The van der Waals surface area contributed by atoms with Crippen molar-refractivity contribution in [2.24, 2.45) is 0 Å². The van der Waals surface area contributed by atoms with E-state index in [4.69, 9.17) is 16.3 Å². The van der Waals surface area contributed by atoms with Gasteiger partial charge >= 0.3 is 0 Å². The first-order valence-electron chi connectivity index (χ1n) is 6.92. The Morgan fingerprint density at radius 1 is 1.35 bits per heavy atom. The van der Waals surface area contributed by atoms with Gasteiger partial charge in [0.05, 0.1) is 9.50 Å². The van der Waals surface area contributed by atoms with Crippen LogP contribution in [-0.4, -0.2) is 24.2 Å². The summed E-state index contributed by atoms with van der Waals surface area (Å²) in [6.07, 6.45) is 1.14. The van der Waals surface area contributed by atoms with E-state index in [-0.39, 0.29) is 16.7 Å². The summed E-state index contributed by atoms with van der Waals surface area (Å²) in [7, 11) is -1.24. The number of aromatic nitrogens is 2. The summed E-state index contributed by atoms with van der Waals surface area (Å²) < 4.78 is 34.6. The van der Waals surface area contributed by atoms with Gasteiger partial charge in [-0.05, 0) is 22.0 Å². The van der Waals surface area contributed by atoms with Crippen molar-refractivity contribution in [1.82, 2.24) is 9.55 Å². The van der Waals surface area contributed by atoms with Crippen molar-refractivity contribution < 1.29 is 13.5 Å². The van der Waals surface area contributed by atoms with Crippen molar-refractivity contribution in [1.29, 1.82) is 0 Å². The Morgan fingerprint density at radius 2 is 2.00 bits per heavy atom. The van der Waals surface area contributed by atoms with E-state index in [1.54, 1.807) is 0 Å². The van der Waals surface area contributed by atoms with Gasteiger partial charge in [-0.1, -0.05) is 31.2 Å². The van der Waals surface area contributed by atoms with E-state index >= 15 is 0 Å². The van der Waals surface area contributed by atoms with Crippen LogP contribution in [0.4, 0.5) is 8.78 Å². The lowest BCUT2D eigenvalue weighted by Crippen LogP contribution is -2.25. The largest absolute Gasteiger partial charge is 0.361 e. The van der Waals surface area contributed by atoms with Crippen LogP contribution < -0.4 is 5.56 Å². The zero-order chi connectivity index (χ0) is 17.4. The summed E-state index contributed by atoms with van der Waals surface area (Å²) in [5.41, 5.74) is -1.09. The number of benzene rings is 1. The maximum absolute atomic E-state index is 14.2. The minimum atomic E-state index is -1.24. The first-order chi connectivity index (χ1) is 10.6. The van der Waals surface area contributed by atoms with Crippen LogP contribution >= 0.6 is 27.5 Å². The van der Waals surface area contributed by atoms with E-state index in [2.05, 4.69) is 40.6 Å². The lowest BCUT2D eigenvalue weighted by molar-refractivity contribution is 0.0843. The lowest BCUT2D eigenvalue weighted by Gasteiger charge is -2.16. The molecule has 0 radical (unpaired) electrons. The molecule has 1 heterocycles. The molecule has 4 nitrogen and oxygen atoms in total. The molecule has 9 heteroatoms. The molecule has 0 bridgehead atoms. The predicted octanol–water partition coefficient (Wildman–Crippen LogP) is 4.40. The fourth-order valence-corrected chi connectivity index (χ4v) is 3.19. The SMILES string of the molecule is C[Si](C)(C)CCOCn1cnc2c(F)c(Br)c(Cl)c(F)c2c1=O. The van der Waals surface area contributed by atoms with Gasteiger partial charge in [0.25, 0.3) is 5.56 Å². The molecule has 1 aromatic carbocycles. The maximum Gasteiger partial charge on any atom is 0.266 e. The number of fused-ring (bicyclic) bond motifs is 1. The van der Waals surface area contributed by atoms with Crippen molar-refractivity contribution in [2.75, 3.05) is 6.61 Å². The third-order valence-electron chi connectivity index (χ3n) is 3.27. The molecule has 0 spiro atoms.